The quantitative estimate of drug-likeness (QED) is 0.666. The third-order valence-corrected chi connectivity index (χ3v) is 2.62. The molecule has 0 saturated heterocycles. The van der Waals surface area contributed by atoms with Gasteiger partial charge in [-0.3, -0.25) is 0 Å². The lowest BCUT2D eigenvalue weighted by atomic mass is 10.0. The van der Waals surface area contributed by atoms with Crippen LogP contribution >= 0.6 is 11.6 Å². The van der Waals surface area contributed by atoms with Crippen LogP contribution in [0.5, 0.6) is 0 Å². The summed E-state index contributed by atoms with van der Waals surface area (Å²) in [6.45, 7) is 1.86. The van der Waals surface area contributed by atoms with Crippen LogP contribution in [0, 0.1) is 12.7 Å². The van der Waals surface area contributed by atoms with Gasteiger partial charge in [0.05, 0.1) is 0 Å². The zero-order valence-corrected chi connectivity index (χ0v) is 9.05. The molecule has 2 rings (SSSR count). The van der Waals surface area contributed by atoms with Gasteiger partial charge in [0.2, 0.25) is 0 Å². The van der Waals surface area contributed by atoms with Gasteiger partial charge in [0, 0.05) is 16.1 Å². The second-order valence-electron chi connectivity index (χ2n) is 3.46. The lowest BCUT2D eigenvalue weighted by molar-refractivity contribution is 0.630. The molecule has 0 radical (unpaired) electrons. The van der Waals surface area contributed by atoms with E-state index < -0.39 is 0 Å². The first-order valence-electron chi connectivity index (χ1n) is 4.69. The maximum atomic E-state index is 13.7. The Morgan fingerprint density at radius 2 is 1.73 bits per heavy atom. The summed E-state index contributed by atoms with van der Waals surface area (Å²) in [4.78, 5) is 0. The van der Waals surface area contributed by atoms with Crippen LogP contribution < -0.4 is 0 Å². The van der Waals surface area contributed by atoms with Gasteiger partial charge in [0.25, 0.3) is 0 Å². The highest BCUT2D eigenvalue weighted by molar-refractivity contribution is 6.33. The van der Waals surface area contributed by atoms with Crippen molar-refractivity contribution in [2.45, 2.75) is 6.92 Å². The monoisotopic (exact) mass is 220 g/mol. The predicted molar refractivity (Wildman–Crippen MR) is 61.6 cm³/mol. The molecule has 0 atom stereocenters. The fourth-order valence-electron chi connectivity index (χ4n) is 1.52. The maximum absolute atomic E-state index is 13.7. The van der Waals surface area contributed by atoms with Crippen molar-refractivity contribution in [3.8, 4) is 11.1 Å². The molecule has 0 nitrogen and oxygen atoms in total. The van der Waals surface area contributed by atoms with Gasteiger partial charge in [0.15, 0.2) is 0 Å². The Morgan fingerprint density at radius 3 is 2.40 bits per heavy atom. The third kappa shape index (κ3) is 2.02. The minimum absolute atomic E-state index is 0.233. The Labute approximate surface area is 93.3 Å². The van der Waals surface area contributed by atoms with Crippen molar-refractivity contribution in [2.75, 3.05) is 0 Å². The van der Waals surface area contributed by atoms with Gasteiger partial charge in [0.1, 0.15) is 5.82 Å². The van der Waals surface area contributed by atoms with Crippen molar-refractivity contribution >= 4 is 11.6 Å². The Hall–Kier alpha value is -1.34. The molecule has 0 aliphatic carbocycles. The molecule has 0 fully saturated rings. The molecule has 0 amide bonds. The molecule has 0 unspecified atom stereocenters. The fraction of sp³-hybridized carbons (Fsp3) is 0.0769. The molecule has 76 valence electrons. The summed E-state index contributed by atoms with van der Waals surface area (Å²) in [6.07, 6.45) is 0. The van der Waals surface area contributed by atoms with Crippen molar-refractivity contribution in [2.24, 2.45) is 0 Å². The molecule has 0 saturated carbocycles. The number of hydrogen-bond donors (Lipinski definition) is 0. The second-order valence-corrected chi connectivity index (χ2v) is 3.87. The predicted octanol–water partition coefficient (Wildman–Crippen LogP) is 4.45. The van der Waals surface area contributed by atoms with Crippen LogP contribution in [0.25, 0.3) is 11.1 Å². The highest BCUT2D eigenvalue weighted by Crippen LogP contribution is 2.29. The van der Waals surface area contributed by atoms with Gasteiger partial charge in [-0.25, -0.2) is 4.39 Å². The lowest BCUT2D eigenvalue weighted by Crippen LogP contribution is -1.86. The molecular weight excluding hydrogens is 211 g/mol. The van der Waals surface area contributed by atoms with E-state index in [2.05, 4.69) is 0 Å². The van der Waals surface area contributed by atoms with E-state index >= 15 is 0 Å². The molecule has 0 bridgehead atoms. The molecule has 15 heavy (non-hydrogen) atoms. The van der Waals surface area contributed by atoms with Gasteiger partial charge < -0.3 is 0 Å². The highest BCUT2D eigenvalue weighted by atomic mass is 35.5. The first kappa shape index (κ1) is 10.2. The molecule has 0 aromatic heterocycles. The Balaban J connectivity index is 2.60. The van der Waals surface area contributed by atoms with Crippen molar-refractivity contribution < 1.29 is 4.39 Å². The first-order valence-corrected chi connectivity index (χ1v) is 5.07. The highest BCUT2D eigenvalue weighted by Gasteiger charge is 2.07. The van der Waals surface area contributed by atoms with E-state index in [1.165, 1.54) is 6.07 Å². The van der Waals surface area contributed by atoms with Crippen LogP contribution in [0.4, 0.5) is 4.39 Å². The third-order valence-electron chi connectivity index (χ3n) is 2.29. The van der Waals surface area contributed by atoms with Gasteiger partial charge in [-0.15, -0.1) is 0 Å². The molecule has 0 aliphatic rings. The summed E-state index contributed by atoms with van der Waals surface area (Å²) in [5, 5.41) is 0.570. The molecule has 0 aliphatic heterocycles. The zero-order chi connectivity index (χ0) is 10.8. The SMILES string of the molecule is Cc1ccc(-c2ccccc2Cl)c(F)c1. The molecule has 2 aromatic rings. The van der Waals surface area contributed by atoms with Crippen molar-refractivity contribution in [1.82, 2.24) is 0 Å². The van der Waals surface area contributed by atoms with Crippen LogP contribution in [0.1, 0.15) is 5.56 Å². The van der Waals surface area contributed by atoms with E-state index in [-0.39, 0.29) is 5.82 Å². The summed E-state index contributed by atoms with van der Waals surface area (Å²) in [5.74, 6) is -0.233. The number of halogens is 2. The van der Waals surface area contributed by atoms with E-state index in [9.17, 15) is 4.39 Å². The smallest absolute Gasteiger partial charge is 0.131 e. The van der Waals surface area contributed by atoms with E-state index in [0.717, 1.165) is 11.1 Å². The second kappa shape index (κ2) is 4.03. The maximum Gasteiger partial charge on any atom is 0.131 e. The standard InChI is InChI=1S/C13H10ClF/c1-9-6-7-11(13(15)8-9)10-4-2-3-5-12(10)14/h2-8H,1H3. The summed E-state index contributed by atoms with van der Waals surface area (Å²) >= 11 is 6.00. The minimum atomic E-state index is -0.233. The normalized spacial score (nSPS) is 10.3. The number of benzene rings is 2. The van der Waals surface area contributed by atoms with Crippen LogP contribution in [-0.2, 0) is 0 Å². The molecule has 2 heteroatoms. The largest absolute Gasteiger partial charge is 0.206 e. The molecular formula is C13H10ClF. The Kier molecular flexibility index (Phi) is 2.74. The Morgan fingerprint density at radius 1 is 1.00 bits per heavy atom. The molecule has 0 spiro atoms. The summed E-state index contributed by atoms with van der Waals surface area (Å²) in [5.41, 5.74) is 2.19. The number of rotatable bonds is 1. The first-order chi connectivity index (χ1) is 7.18. The average molecular weight is 221 g/mol. The van der Waals surface area contributed by atoms with Gasteiger partial charge in [-0.2, -0.15) is 0 Å². The van der Waals surface area contributed by atoms with Crippen LogP contribution in [0.15, 0.2) is 42.5 Å². The van der Waals surface area contributed by atoms with Crippen LogP contribution in [0.3, 0.4) is 0 Å². The number of hydrogen-bond acceptors (Lipinski definition) is 0. The molecule has 0 heterocycles. The van der Waals surface area contributed by atoms with E-state index in [0.29, 0.717) is 10.6 Å². The van der Waals surface area contributed by atoms with Crippen LogP contribution in [-0.4, -0.2) is 0 Å². The summed E-state index contributed by atoms with van der Waals surface area (Å²) in [7, 11) is 0. The lowest BCUT2D eigenvalue weighted by Gasteiger charge is -2.06. The van der Waals surface area contributed by atoms with E-state index in [4.69, 9.17) is 11.6 Å². The van der Waals surface area contributed by atoms with Gasteiger partial charge in [-0.05, 0) is 24.6 Å². The Bertz CT molecular complexity index is 492. The van der Waals surface area contributed by atoms with Gasteiger partial charge in [-0.1, -0.05) is 41.9 Å². The minimum Gasteiger partial charge on any atom is -0.206 e. The van der Waals surface area contributed by atoms with Gasteiger partial charge >= 0.3 is 0 Å². The van der Waals surface area contributed by atoms with Crippen molar-refractivity contribution in [3.05, 3.63) is 58.9 Å². The van der Waals surface area contributed by atoms with Crippen molar-refractivity contribution in [1.29, 1.82) is 0 Å². The molecule has 0 N–H and O–H groups in total. The van der Waals surface area contributed by atoms with Crippen molar-refractivity contribution in [3.63, 3.8) is 0 Å². The molecule has 2 aromatic carbocycles. The average Bonchev–Trinajstić information content (AvgIpc) is 2.20. The van der Waals surface area contributed by atoms with E-state index in [1.54, 1.807) is 12.1 Å². The number of aryl methyl sites for hydroxylation is 1. The zero-order valence-electron chi connectivity index (χ0n) is 8.30. The summed E-state index contributed by atoms with van der Waals surface area (Å²) in [6, 6.07) is 12.4. The summed E-state index contributed by atoms with van der Waals surface area (Å²) < 4.78 is 13.7. The fourth-order valence-corrected chi connectivity index (χ4v) is 1.76. The topological polar surface area (TPSA) is 0 Å². The van der Waals surface area contributed by atoms with E-state index in [1.807, 2.05) is 31.2 Å². The van der Waals surface area contributed by atoms with Crippen LogP contribution in [0.2, 0.25) is 5.02 Å².